The summed E-state index contributed by atoms with van der Waals surface area (Å²) in [5.41, 5.74) is 0.308. The maximum Gasteiger partial charge on any atom is 0.272 e. The van der Waals surface area contributed by atoms with Crippen LogP contribution in [-0.4, -0.2) is 4.92 Å². The summed E-state index contributed by atoms with van der Waals surface area (Å²) in [6.45, 7) is 0. The molecule has 1 aliphatic rings. The maximum atomic E-state index is 13.2. The van der Waals surface area contributed by atoms with Crippen molar-refractivity contribution in [3.8, 4) is 6.07 Å². The molecule has 4 nitrogen and oxygen atoms in total. The molecule has 0 amide bonds. The number of nitriles is 1. The van der Waals surface area contributed by atoms with Gasteiger partial charge in [-0.3, -0.25) is 10.1 Å². The van der Waals surface area contributed by atoms with Gasteiger partial charge in [0, 0.05) is 12.0 Å². The minimum atomic E-state index is -0.618. The summed E-state index contributed by atoms with van der Waals surface area (Å²) >= 11 is 0. The van der Waals surface area contributed by atoms with Crippen LogP contribution in [0.5, 0.6) is 0 Å². The van der Waals surface area contributed by atoms with E-state index in [4.69, 9.17) is 5.26 Å². The van der Waals surface area contributed by atoms with Gasteiger partial charge in [0.1, 0.15) is 5.82 Å². The molecule has 0 aliphatic heterocycles. The average Bonchev–Trinajstić information content (AvgIpc) is 2.15. The highest BCUT2D eigenvalue weighted by molar-refractivity contribution is 5.38. The van der Waals surface area contributed by atoms with E-state index in [0.717, 1.165) is 18.9 Å². The zero-order valence-corrected chi connectivity index (χ0v) is 8.39. The van der Waals surface area contributed by atoms with Crippen LogP contribution in [0.1, 0.15) is 24.3 Å². The highest BCUT2D eigenvalue weighted by Crippen LogP contribution is 2.42. The van der Waals surface area contributed by atoms with Gasteiger partial charge in [-0.25, -0.2) is 4.39 Å². The molecule has 16 heavy (non-hydrogen) atoms. The van der Waals surface area contributed by atoms with Crippen molar-refractivity contribution in [2.24, 2.45) is 5.92 Å². The molecule has 0 bridgehead atoms. The van der Waals surface area contributed by atoms with E-state index in [9.17, 15) is 14.5 Å². The summed E-state index contributed by atoms with van der Waals surface area (Å²) < 4.78 is 13.2. The molecule has 0 radical (unpaired) electrons. The molecule has 82 valence electrons. The van der Waals surface area contributed by atoms with Crippen LogP contribution in [-0.2, 0) is 0 Å². The first kappa shape index (κ1) is 10.6. The fraction of sp³-hybridized carbons (Fsp3) is 0.364. The van der Waals surface area contributed by atoms with E-state index < -0.39 is 10.7 Å². The third kappa shape index (κ3) is 1.74. The van der Waals surface area contributed by atoms with Crippen LogP contribution in [0.25, 0.3) is 0 Å². The molecule has 2 atom stereocenters. The van der Waals surface area contributed by atoms with Gasteiger partial charge in [0.15, 0.2) is 0 Å². The molecule has 1 aromatic rings. The Balaban J connectivity index is 2.35. The van der Waals surface area contributed by atoms with E-state index in [0.29, 0.717) is 5.56 Å². The predicted octanol–water partition coefficient (Wildman–Crippen LogP) is 2.75. The summed E-state index contributed by atoms with van der Waals surface area (Å²) in [6.07, 6.45) is 1.57. The number of nitrogens with zero attached hydrogens (tertiary/aromatic N) is 2. The lowest BCUT2D eigenvalue weighted by Gasteiger charge is -2.31. The number of non-ortho nitro benzene ring substituents is 1. The molecule has 2 rings (SSSR count). The summed E-state index contributed by atoms with van der Waals surface area (Å²) in [5, 5.41) is 19.3. The fourth-order valence-electron chi connectivity index (χ4n) is 1.97. The molecule has 0 saturated heterocycles. The Morgan fingerprint density at radius 1 is 1.44 bits per heavy atom. The lowest BCUT2D eigenvalue weighted by molar-refractivity contribution is -0.385. The number of benzene rings is 1. The number of rotatable bonds is 2. The fourth-order valence-corrected chi connectivity index (χ4v) is 1.97. The standard InChI is InChI=1S/C11H9FN2O2/c12-9-3-8(4-10(5-9)14(15)16)11-2-1-7(11)6-13/h3-5,7,11H,1-2H2/t7-,11-/m0/s1. The van der Waals surface area contributed by atoms with E-state index in [1.54, 1.807) is 0 Å². The van der Waals surface area contributed by atoms with E-state index >= 15 is 0 Å². The maximum absolute atomic E-state index is 13.2. The second kappa shape index (κ2) is 3.89. The molecule has 5 heteroatoms. The zero-order valence-electron chi connectivity index (χ0n) is 8.39. The molecule has 1 aromatic carbocycles. The molecule has 1 aliphatic carbocycles. The monoisotopic (exact) mass is 220 g/mol. The molecule has 0 heterocycles. The first-order valence-electron chi connectivity index (χ1n) is 4.96. The summed E-state index contributed by atoms with van der Waals surface area (Å²) in [4.78, 5) is 9.94. The topological polar surface area (TPSA) is 66.9 Å². The van der Waals surface area contributed by atoms with Crippen molar-refractivity contribution < 1.29 is 9.31 Å². The summed E-state index contributed by atoms with van der Waals surface area (Å²) in [7, 11) is 0. The summed E-state index contributed by atoms with van der Waals surface area (Å²) in [6, 6.07) is 5.66. The molecular weight excluding hydrogens is 211 g/mol. The Labute approximate surface area is 91.5 Å². The molecule has 1 saturated carbocycles. The average molecular weight is 220 g/mol. The third-order valence-corrected chi connectivity index (χ3v) is 2.98. The Bertz CT molecular complexity index is 481. The van der Waals surface area contributed by atoms with E-state index in [1.807, 2.05) is 0 Å². The quantitative estimate of drug-likeness (QED) is 0.568. The minimum absolute atomic E-state index is 0.0561. The Hall–Kier alpha value is -1.96. The number of nitro benzene ring substituents is 1. The van der Waals surface area contributed by atoms with Crippen LogP contribution < -0.4 is 0 Å². The van der Waals surface area contributed by atoms with Crippen molar-refractivity contribution in [3.63, 3.8) is 0 Å². The van der Waals surface area contributed by atoms with Gasteiger partial charge in [0.25, 0.3) is 5.69 Å². The Morgan fingerprint density at radius 2 is 2.19 bits per heavy atom. The van der Waals surface area contributed by atoms with Gasteiger partial charge in [-0.05, 0) is 24.5 Å². The van der Waals surface area contributed by atoms with Gasteiger partial charge in [-0.2, -0.15) is 5.26 Å². The number of nitro groups is 1. The molecule has 0 N–H and O–H groups in total. The first-order valence-corrected chi connectivity index (χ1v) is 4.96. The molecule has 1 fully saturated rings. The number of hydrogen-bond acceptors (Lipinski definition) is 3. The number of hydrogen-bond donors (Lipinski definition) is 0. The summed E-state index contributed by atoms with van der Waals surface area (Å²) in [5.74, 6) is -0.811. The number of halogens is 1. The third-order valence-electron chi connectivity index (χ3n) is 2.98. The first-order chi connectivity index (χ1) is 7.61. The van der Waals surface area contributed by atoms with Crippen molar-refractivity contribution in [1.82, 2.24) is 0 Å². The van der Waals surface area contributed by atoms with Crippen molar-refractivity contribution in [2.45, 2.75) is 18.8 Å². The minimum Gasteiger partial charge on any atom is -0.258 e. The Morgan fingerprint density at radius 3 is 2.69 bits per heavy atom. The van der Waals surface area contributed by atoms with Crippen molar-refractivity contribution >= 4 is 5.69 Å². The van der Waals surface area contributed by atoms with Crippen LogP contribution >= 0.6 is 0 Å². The van der Waals surface area contributed by atoms with E-state index in [-0.39, 0.29) is 17.5 Å². The lowest BCUT2D eigenvalue weighted by Crippen LogP contribution is -2.22. The molecule has 0 aromatic heterocycles. The molecule has 0 spiro atoms. The molecular formula is C11H9FN2O2. The van der Waals surface area contributed by atoms with E-state index in [2.05, 4.69) is 6.07 Å². The lowest BCUT2D eigenvalue weighted by atomic mass is 9.71. The largest absolute Gasteiger partial charge is 0.272 e. The van der Waals surface area contributed by atoms with Gasteiger partial charge in [-0.15, -0.1) is 0 Å². The Kier molecular flexibility index (Phi) is 2.57. The normalized spacial score (nSPS) is 23.2. The van der Waals surface area contributed by atoms with Gasteiger partial charge >= 0.3 is 0 Å². The van der Waals surface area contributed by atoms with Gasteiger partial charge in [0.05, 0.1) is 23.0 Å². The smallest absolute Gasteiger partial charge is 0.258 e. The van der Waals surface area contributed by atoms with Crippen LogP contribution in [0, 0.1) is 33.2 Å². The van der Waals surface area contributed by atoms with Crippen LogP contribution in [0.3, 0.4) is 0 Å². The predicted molar refractivity (Wildman–Crippen MR) is 54.1 cm³/mol. The zero-order chi connectivity index (χ0) is 11.7. The van der Waals surface area contributed by atoms with Crippen LogP contribution in [0.2, 0.25) is 0 Å². The second-order valence-corrected chi connectivity index (χ2v) is 3.92. The van der Waals surface area contributed by atoms with Gasteiger partial charge in [0.2, 0.25) is 0 Å². The highest BCUT2D eigenvalue weighted by Gasteiger charge is 2.33. The second-order valence-electron chi connectivity index (χ2n) is 3.92. The SMILES string of the molecule is N#C[C@@H]1CC[C@@H]1c1cc(F)cc([N+](=O)[O-])c1. The van der Waals surface area contributed by atoms with Crippen molar-refractivity contribution in [2.75, 3.05) is 0 Å². The highest BCUT2D eigenvalue weighted by atomic mass is 19.1. The van der Waals surface area contributed by atoms with E-state index in [1.165, 1.54) is 12.1 Å². The van der Waals surface area contributed by atoms with Crippen LogP contribution in [0.15, 0.2) is 18.2 Å². The van der Waals surface area contributed by atoms with Crippen molar-refractivity contribution in [3.05, 3.63) is 39.7 Å². The molecule has 0 unspecified atom stereocenters. The van der Waals surface area contributed by atoms with Crippen molar-refractivity contribution in [1.29, 1.82) is 5.26 Å². The van der Waals surface area contributed by atoms with Gasteiger partial charge < -0.3 is 0 Å². The van der Waals surface area contributed by atoms with Gasteiger partial charge in [-0.1, -0.05) is 0 Å². The van der Waals surface area contributed by atoms with Crippen LogP contribution in [0.4, 0.5) is 10.1 Å².